The Kier molecular flexibility index (Phi) is 3.30. The standard InChI is InChI=1S/C10H17N3O2S/c1-2-13-8-10(7-11-13)16(14,15)12-9-5-3-4-6-9/h7-9,12H,2-6H2,1H3. The Labute approximate surface area is 95.9 Å². The Morgan fingerprint density at radius 3 is 2.75 bits per heavy atom. The van der Waals surface area contributed by atoms with E-state index in [-0.39, 0.29) is 10.9 Å². The van der Waals surface area contributed by atoms with Crippen LogP contribution in [0.15, 0.2) is 17.3 Å². The zero-order valence-electron chi connectivity index (χ0n) is 9.39. The molecule has 0 radical (unpaired) electrons. The Hall–Kier alpha value is -0.880. The number of hydrogen-bond acceptors (Lipinski definition) is 3. The second kappa shape index (κ2) is 4.55. The first kappa shape index (κ1) is 11.6. The minimum absolute atomic E-state index is 0.106. The predicted octanol–water partition coefficient (Wildman–Crippen LogP) is 1.12. The highest BCUT2D eigenvalue weighted by Crippen LogP contribution is 2.20. The van der Waals surface area contributed by atoms with Crippen molar-refractivity contribution >= 4 is 10.0 Å². The number of aromatic nitrogens is 2. The van der Waals surface area contributed by atoms with Gasteiger partial charge in [-0.3, -0.25) is 4.68 Å². The zero-order chi connectivity index (χ0) is 11.6. The zero-order valence-corrected chi connectivity index (χ0v) is 10.2. The summed E-state index contributed by atoms with van der Waals surface area (Å²) < 4.78 is 28.2. The molecular formula is C10H17N3O2S. The van der Waals surface area contributed by atoms with Gasteiger partial charge in [0.15, 0.2) is 0 Å². The Balaban J connectivity index is 2.11. The monoisotopic (exact) mass is 243 g/mol. The van der Waals surface area contributed by atoms with Gasteiger partial charge >= 0.3 is 0 Å². The largest absolute Gasteiger partial charge is 0.272 e. The van der Waals surface area contributed by atoms with Crippen molar-refractivity contribution in [3.63, 3.8) is 0 Å². The van der Waals surface area contributed by atoms with Crippen LogP contribution in [0.5, 0.6) is 0 Å². The normalized spacial score (nSPS) is 18.1. The summed E-state index contributed by atoms with van der Waals surface area (Å²) in [5.41, 5.74) is 0. The summed E-state index contributed by atoms with van der Waals surface area (Å²) in [5.74, 6) is 0. The summed E-state index contributed by atoms with van der Waals surface area (Å²) in [6.07, 6.45) is 7.09. The molecule has 0 bridgehead atoms. The van der Waals surface area contributed by atoms with E-state index in [0.29, 0.717) is 6.54 Å². The van der Waals surface area contributed by atoms with Crippen LogP contribution < -0.4 is 4.72 Å². The maximum Gasteiger partial charge on any atom is 0.243 e. The van der Waals surface area contributed by atoms with Crippen molar-refractivity contribution in [1.29, 1.82) is 0 Å². The molecule has 0 atom stereocenters. The molecule has 0 saturated heterocycles. The fraction of sp³-hybridized carbons (Fsp3) is 0.700. The number of nitrogens with one attached hydrogen (secondary N) is 1. The van der Waals surface area contributed by atoms with E-state index < -0.39 is 10.0 Å². The van der Waals surface area contributed by atoms with Gasteiger partial charge in [0.05, 0.1) is 6.20 Å². The molecule has 1 aliphatic carbocycles. The average molecular weight is 243 g/mol. The Morgan fingerprint density at radius 1 is 1.50 bits per heavy atom. The quantitative estimate of drug-likeness (QED) is 0.862. The SMILES string of the molecule is CCn1cc(S(=O)(=O)NC2CCCC2)cn1. The van der Waals surface area contributed by atoms with Crippen LogP contribution in [0.3, 0.4) is 0 Å². The minimum Gasteiger partial charge on any atom is -0.272 e. The summed E-state index contributed by atoms with van der Waals surface area (Å²) in [6.45, 7) is 2.60. The summed E-state index contributed by atoms with van der Waals surface area (Å²) in [7, 11) is -3.37. The molecule has 1 heterocycles. The molecule has 0 spiro atoms. The third-order valence-electron chi connectivity index (χ3n) is 2.92. The fourth-order valence-corrected chi connectivity index (χ4v) is 3.24. The van der Waals surface area contributed by atoms with E-state index in [1.807, 2.05) is 6.92 Å². The lowest BCUT2D eigenvalue weighted by molar-refractivity contribution is 0.552. The lowest BCUT2D eigenvalue weighted by atomic mass is 10.3. The molecule has 0 aliphatic heterocycles. The van der Waals surface area contributed by atoms with E-state index in [2.05, 4.69) is 9.82 Å². The highest BCUT2D eigenvalue weighted by atomic mass is 32.2. The molecule has 90 valence electrons. The van der Waals surface area contributed by atoms with Crippen molar-refractivity contribution in [3.8, 4) is 0 Å². The molecule has 6 heteroatoms. The lowest BCUT2D eigenvalue weighted by Gasteiger charge is -2.10. The van der Waals surface area contributed by atoms with Crippen molar-refractivity contribution < 1.29 is 8.42 Å². The number of nitrogens with zero attached hydrogens (tertiary/aromatic N) is 2. The summed E-state index contributed by atoms with van der Waals surface area (Å²) in [5, 5.41) is 3.97. The molecule has 1 aromatic heterocycles. The third-order valence-corrected chi connectivity index (χ3v) is 4.40. The minimum atomic E-state index is -3.37. The van der Waals surface area contributed by atoms with Crippen molar-refractivity contribution in [1.82, 2.24) is 14.5 Å². The van der Waals surface area contributed by atoms with E-state index >= 15 is 0 Å². The number of hydrogen-bond donors (Lipinski definition) is 1. The molecule has 1 fully saturated rings. The molecule has 1 saturated carbocycles. The second-order valence-corrected chi connectivity index (χ2v) is 5.85. The van der Waals surface area contributed by atoms with E-state index in [9.17, 15) is 8.42 Å². The smallest absolute Gasteiger partial charge is 0.243 e. The highest BCUT2D eigenvalue weighted by Gasteiger charge is 2.23. The van der Waals surface area contributed by atoms with E-state index in [4.69, 9.17) is 0 Å². The average Bonchev–Trinajstić information content (AvgIpc) is 2.85. The number of rotatable bonds is 4. The summed E-state index contributed by atoms with van der Waals surface area (Å²) in [6, 6.07) is 0.106. The van der Waals surface area contributed by atoms with Gasteiger partial charge in [-0.1, -0.05) is 12.8 Å². The van der Waals surface area contributed by atoms with Crippen LogP contribution in [0.1, 0.15) is 32.6 Å². The Bertz CT molecular complexity index is 446. The van der Waals surface area contributed by atoms with Gasteiger partial charge in [-0.15, -0.1) is 0 Å². The van der Waals surface area contributed by atoms with Gasteiger partial charge in [-0.05, 0) is 19.8 Å². The first-order chi connectivity index (χ1) is 7.62. The molecule has 2 rings (SSSR count). The van der Waals surface area contributed by atoms with Crippen LogP contribution in [0.4, 0.5) is 0 Å². The predicted molar refractivity (Wildman–Crippen MR) is 60.5 cm³/mol. The van der Waals surface area contributed by atoms with Gasteiger partial charge in [0.1, 0.15) is 4.90 Å². The van der Waals surface area contributed by atoms with Gasteiger partial charge in [0.25, 0.3) is 0 Å². The molecule has 0 unspecified atom stereocenters. The lowest BCUT2D eigenvalue weighted by Crippen LogP contribution is -2.32. The van der Waals surface area contributed by atoms with Gasteiger partial charge < -0.3 is 0 Å². The van der Waals surface area contributed by atoms with Gasteiger partial charge in [-0.25, -0.2) is 13.1 Å². The molecule has 0 aromatic carbocycles. The van der Waals surface area contributed by atoms with Crippen LogP contribution >= 0.6 is 0 Å². The molecule has 1 aromatic rings. The topological polar surface area (TPSA) is 64.0 Å². The highest BCUT2D eigenvalue weighted by molar-refractivity contribution is 7.89. The van der Waals surface area contributed by atoms with Crippen LogP contribution in [-0.2, 0) is 16.6 Å². The number of aryl methyl sites for hydroxylation is 1. The number of sulfonamides is 1. The Morgan fingerprint density at radius 2 is 2.19 bits per heavy atom. The maximum absolute atomic E-state index is 12.0. The third kappa shape index (κ3) is 2.44. The van der Waals surface area contributed by atoms with E-state index in [1.54, 1.807) is 10.9 Å². The first-order valence-electron chi connectivity index (χ1n) is 5.66. The fourth-order valence-electron chi connectivity index (χ4n) is 1.99. The molecule has 16 heavy (non-hydrogen) atoms. The van der Waals surface area contributed by atoms with Gasteiger partial charge in [0.2, 0.25) is 10.0 Å². The first-order valence-corrected chi connectivity index (χ1v) is 7.15. The maximum atomic E-state index is 12.0. The molecule has 5 nitrogen and oxygen atoms in total. The van der Waals surface area contributed by atoms with Crippen LogP contribution in [0.2, 0.25) is 0 Å². The molecule has 0 amide bonds. The van der Waals surface area contributed by atoms with Crippen molar-refractivity contribution in [2.75, 3.05) is 0 Å². The second-order valence-electron chi connectivity index (χ2n) is 4.13. The van der Waals surface area contributed by atoms with E-state index in [0.717, 1.165) is 25.7 Å². The van der Waals surface area contributed by atoms with Gasteiger partial charge in [0, 0.05) is 18.8 Å². The summed E-state index contributed by atoms with van der Waals surface area (Å²) >= 11 is 0. The molecule has 1 aliphatic rings. The van der Waals surface area contributed by atoms with Gasteiger partial charge in [-0.2, -0.15) is 5.10 Å². The van der Waals surface area contributed by atoms with Crippen LogP contribution in [-0.4, -0.2) is 24.2 Å². The van der Waals surface area contributed by atoms with Crippen LogP contribution in [0, 0.1) is 0 Å². The van der Waals surface area contributed by atoms with Crippen molar-refractivity contribution in [3.05, 3.63) is 12.4 Å². The molecule has 1 N–H and O–H groups in total. The summed E-state index contributed by atoms with van der Waals surface area (Å²) in [4.78, 5) is 0.265. The molecular weight excluding hydrogens is 226 g/mol. The van der Waals surface area contributed by atoms with Crippen molar-refractivity contribution in [2.24, 2.45) is 0 Å². The van der Waals surface area contributed by atoms with Crippen LogP contribution in [0.25, 0.3) is 0 Å². The van der Waals surface area contributed by atoms with Crippen molar-refractivity contribution in [2.45, 2.75) is 50.1 Å². The van der Waals surface area contributed by atoms with E-state index in [1.165, 1.54) is 6.20 Å².